The quantitative estimate of drug-likeness (QED) is 0.672. The highest BCUT2D eigenvalue weighted by molar-refractivity contribution is 5.64. The first kappa shape index (κ1) is 15.8. The number of nitro benzene ring substituents is 1. The Hall–Kier alpha value is -2.56. The molecule has 1 N–H and O–H groups in total. The summed E-state index contributed by atoms with van der Waals surface area (Å²) in [6.45, 7) is 4.66. The van der Waals surface area contributed by atoms with Crippen LogP contribution in [0.4, 0.5) is 17.1 Å². The summed E-state index contributed by atoms with van der Waals surface area (Å²) < 4.78 is 0. The van der Waals surface area contributed by atoms with Crippen molar-refractivity contribution in [2.45, 2.75) is 20.4 Å². The number of hydrogen-bond donors (Lipinski definition) is 1. The molecule has 2 rings (SSSR count). The molecular weight excluding hydrogens is 278 g/mol. The van der Waals surface area contributed by atoms with Crippen LogP contribution in [0.5, 0.6) is 0 Å². The Morgan fingerprint density at radius 2 is 1.86 bits per heavy atom. The molecule has 5 heteroatoms. The zero-order chi connectivity index (χ0) is 16.3. The highest BCUT2D eigenvalue weighted by atomic mass is 16.6. The third kappa shape index (κ3) is 3.55. The summed E-state index contributed by atoms with van der Waals surface area (Å²) in [6, 6.07) is 11.5. The summed E-state index contributed by atoms with van der Waals surface area (Å²) in [4.78, 5) is 12.6. The second-order valence-electron chi connectivity index (χ2n) is 5.65. The molecule has 0 spiro atoms. The summed E-state index contributed by atoms with van der Waals surface area (Å²) in [5.41, 5.74) is 5.06. The van der Waals surface area contributed by atoms with E-state index in [4.69, 9.17) is 0 Å². The smallest absolute Gasteiger partial charge is 0.292 e. The van der Waals surface area contributed by atoms with Crippen LogP contribution in [0, 0.1) is 24.0 Å². The van der Waals surface area contributed by atoms with E-state index in [1.807, 2.05) is 25.1 Å². The van der Waals surface area contributed by atoms with Gasteiger partial charge in [0.1, 0.15) is 5.69 Å². The standard InChI is InChI=1S/C17H21N3O2/c1-12-5-7-15(13(2)9-12)18-11-14-6-8-16(19(3)4)17(10-14)20(21)22/h5-10,18H,11H2,1-4H3. The van der Waals surface area contributed by atoms with Crippen molar-refractivity contribution in [1.29, 1.82) is 0 Å². The normalized spacial score (nSPS) is 10.4. The predicted octanol–water partition coefficient (Wildman–Crippen LogP) is 3.89. The molecule has 0 aromatic heterocycles. The van der Waals surface area contributed by atoms with Gasteiger partial charge in [0.25, 0.3) is 5.69 Å². The lowest BCUT2D eigenvalue weighted by molar-refractivity contribution is -0.384. The predicted molar refractivity (Wildman–Crippen MR) is 90.7 cm³/mol. The van der Waals surface area contributed by atoms with Crippen molar-refractivity contribution in [2.24, 2.45) is 0 Å². The van der Waals surface area contributed by atoms with Gasteiger partial charge in [-0.1, -0.05) is 23.8 Å². The molecule has 0 bridgehead atoms. The number of aryl methyl sites for hydroxylation is 2. The molecule has 0 aliphatic heterocycles. The average Bonchev–Trinajstić information content (AvgIpc) is 2.45. The van der Waals surface area contributed by atoms with Crippen molar-refractivity contribution < 1.29 is 4.92 Å². The summed E-state index contributed by atoms with van der Waals surface area (Å²) >= 11 is 0. The lowest BCUT2D eigenvalue weighted by Gasteiger charge is -2.14. The van der Waals surface area contributed by atoms with Crippen LogP contribution < -0.4 is 10.2 Å². The Bertz CT molecular complexity index is 696. The number of nitro groups is 1. The van der Waals surface area contributed by atoms with Crippen molar-refractivity contribution in [3.05, 3.63) is 63.2 Å². The summed E-state index contributed by atoms with van der Waals surface area (Å²) in [7, 11) is 3.60. The second-order valence-corrected chi connectivity index (χ2v) is 5.65. The number of hydrogen-bond acceptors (Lipinski definition) is 4. The largest absolute Gasteiger partial charge is 0.381 e. The maximum Gasteiger partial charge on any atom is 0.292 e. The lowest BCUT2D eigenvalue weighted by Crippen LogP contribution is -2.11. The summed E-state index contributed by atoms with van der Waals surface area (Å²) in [5.74, 6) is 0. The molecule has 2 aromatic rings. The van der Waals surface area contributed by atoms with Crippen molar-refractivity contribution in [3.8, 4) is 0 Å². The first-order valence-corrected chi connectivity index (χ1v) is 7.14. The molecule has 0 aliphatic carbocycles. The maximum atomic E-state index is 11.2. The van der Waals surface area contributed by atoms with E-state index in [1.54, 1.807) is 31.1 Å². The summed E-state index contributed by atoms with van der Waals surface area (Å²) in [6.07, 6.45) is 0. The molecular formula is C17H21N3O2. The zero-order valence-electron chi connectivity index (χ0n) is 13.4. The molecule has 0 unspecified atom stereocenters. The van der Waals surface area contributed by atoms with Gasteiger partial charge >= 0.3 is 0 Å². The molecule has 0 heterocycles. The van der Waals surface area contributed by atoms with E-state index < -0.39 is 0 Å². The highest BCUT2D eigenvalue weighted by Gasteiger charge is 2.16. The fourth-order valence-electron chi connectivity index (χ4n) is 2.41. The van der Waals surface area contributed by atoms with Crippen molar-refractivity contribution in [1.82, 2.24) is 0 Å². The van der Waals surface area contributed by atoms with Gasteiger partial charge in [-0.15, -0.1) is 0 Å². The Labute approximate surface area is 130 Å². The van der Waals surface area contributed by atoms with Crippen LogP contribution in [-0.4, -0.2) is 19.0 Å². The van der Waals surface area contributed by atoms with E-state index in [0.29, 0.717) is 12.2 Å². The van der Waals surface area contributed by atoms with Gasteiger partial charge in [0.2, 0.25) is 0 Å². The van der Waals surface area contributed by atoms with Crippen LogP contribution in [0.25, 0.3) is 0 Å². The van der Waals surface area contributed by atoms with Crippen molar-refractivity contribution in [3.63, 3.8) is 0 Å². The van der Waals surface area contributed by atoms with Crippen LogP contribution in [0.15, 0.2) is 36.4 Å². The molecule has 0 aliphatic rings. The van der Waals surface area contributed by atoms with E-state index in [1.165, 1.54) is 11.1 Å². The van der Waals surface area contributed by atoms with Gasteiger partial charge < -0.3 is 10.2 Å². The monoisotopic (exact) mass is 299 g/mol. The Balaban J connectivity index is 2.20. The molecule has 2 aromatic carbocycles. The minimum absolute atomic E-state index is 0.130. The molecule has 22 heavy (non-hydrogen) atoms. The third-order valence-corrected chi connectivity index (χ3v) is 3.58. The average molecular weight is 299 g/mol. The van der Waals surface area contributed by atoms with Gasteiger partial charge in [-0.25, -0.2) is 0 Å². The van der Waals surface area contributed by atoms with Gasteiger partial charge in [-0.05, 0) is 37.1 Å². The number of benzene rings is 2. The number of anilines is 2. The van der Waals surface area contributed by atoms with Gasteiger partial charge in [-0.3, -0.25) is 10.1 Å². The van der Waals surface area contributed by atoms with E-state index in [9.17, 15) is 10.1 Å². The Morgan fingerprint density at radius 1 is 1.14 bits per heavy atom. The van der Waals surface area contributed by atoms with Crippen molar-refractivity contribution in [2.75, 3.05) is 24.3 Å². The third-order valence-electron chi connectivity index (χ3n) is 3.58. The molecule has 116 valence electrons. The maximum absolute atomic E-state index is 11.2. The van der Waals surface area contributed by atoms with E-state index in [0.717, 1.165) is 11.3 Å². The van der Waals surface area contributed by atoms with Crippen LogP contribution in [0.3, 0.4) is 0 Å². The number of rotatable bonds is 5. The zero-order valence-corrected chi connectivity index (χ0v) is 13.4. The minimum atomic E-state index is -0.337. The fraction of sp³-hybridized carbons (Fsp3) is 0.294. The molecule has 0 fully saturated rings. The van der Waals surface area contributed by atoms with Gasteiger partial charge in [-0.2, -0.15) is 0 Å². The molecule has 0 saturated carbocycles. The van der Waals surface area contributed by atoms with E-state index in [-0.39, 0.29) is 10.6 Å². The molecule has 5 nitrogen and oxygen atoms in total. The molecule has 0 amide bonds. The summed E-state index contributed by atoms with van der Waals surface area (Å²) in [5, 5.41) is 14.5. The van der Waals surface area contributed by atoms with Crippen LogP contribution >= 0.6 is 0 Å². The molecule has 0 atom stereocenters. The van der Waals surface area contributed by atoms with Gasteiger partial charge in [0.05, 0.1) is 4.92 Å². The number of nitrogens with one attached hydrogen (secondary N) is 1. The van der Waals surface area contributed by atoms with Gasteiger partial charge in [0.15, 0.2) is 0 Å². The molecule has 0 saturated heterocycles. The molecule has 0 radical (unpaired) electrons. The lowest BCUT2D eigenvalue weighted by atomic mass is 10.1. The SMILES string of the molecule is Cc1ccc(NCc2ccc(N(C)C)c([N+](=O)[O-])c2)c(C)c1. The van der Waals surface area contributed by atoms with Crippen LogP contribution in [0.1, 0.15) is 16.7 Å². The van der Waals surface area contributed by atoms with Crippen LogP contribution in [0.2, 0.25) is 0 Å². The van der Waals surface area contributed by atoms with Gasteiger partial charge in [0, 0.05) is 32.4 Å². The topological polar surface area (TPSA) is 58.4 Å². The van der Waals surface area contributed by atoms with Crippen LogP contribution in [-0.2, 0) is 6.54 Å². The minimum Gasteiger partial charge on any atom is -0.381 e. The first-order chi connectivity index (χ1) is 10.4. The van der Waals surface area contributed by atoms with E-state index in [2.05, 4.69) is 18.3 Å². The van der Waals surface area contributed by atoms with Crippen molar-refractivity contribution >= 4 is 17.1 Å². The second kappa shape index (κ2) is 6.47. The van der Waals surface area contributed by atoms with E-state index >= 15 is 0 Å². The Kier molecular flexibility index (Phi) is 4.65. The Morgan fingerprint density at radius 3 is 2.45 bits per heavy atom. The highest BCUT2D eigenvalue weighted by Crippen LogP contribution is 2.28. The number of nitrogens with zero attached hydrogens (tertiary/aromatic N) is 2. The fourth-order valence-corrected chi connectivity index (χ4v) is 2.41. The first-order valence-electron chi connectivity index (χ1n) is 7.14.